The lowest BCUT2D eigenvalue weighted by Gasteiger charge is -2.21. The Labute approximate surface area is 100 Å². The molecular formula is C15H25N. The maximum atomic E-state index is 2.40. The zero-order valence-electron chi connectivity index (χ0n) is 11.6. The van der Waals surface area contributed by atoms with Crippen LogP contribution in [-0.2, 0) is 6.42 Å². The zero-order valence-corrected chi connectivity index (χ0v) is 11.6. The van der Waals surface area contributed by atoms with Crippen molar-refractivity contribution in [2.45, 2.75) is 47.1 Å². The summed E-state index contributed by atoms with van der Waals surface area (Å²) in [6.07, 6.45) is 1.15. The van der Waals surface area contributed by atoms with Gasteiger partial charge < -0.3 is 4.90 Å². The standard InChI is InChI=1S/C15H25N/c1-11(2)16(6)8-7-15-10-13(4)12(3)9-14(15)5/h9-11H,7-8H2,1-6H3. The van der Waals surface area contributed by atoms with Crippen molar-refractivity contribution in [3.63, 3.8) is 0 Å². The molecule has 0 aliphatic heterocycles. The molecule has 0 spiro atoms. The van der Waals surface area contributed by atoms with Crippen molar-refractivity contribution in [2.24, 2.45) is 0 Å². The first-order valence-corrected chi connectivity index (χ1v) is 6.18. The first kappa shape index (κ1) is 13.2. The fourth-order valence-electron chi connectivity index (χ4n) is 1.84. The van der Waals surface area contributed by atoms with E-state index in [9.17, 15) is 0 Å². The molecule has 1 rings (SSSR count). The van der Waals surface area contributed by atoms with Crippen LogP contribution in [0.15, 0.2) is 12.1 Å². The Morgan fingerprint density at radius 1 is 1.00 bits per heavy atom. The molecule has 0 atom stereocenters. The first-order chi connectivity index (χ1) is 7.41. The van der Waals surface area contributed by atoms with Gasteiger partial charge in [0.2, 0.25) is 0 Å². The second kappa shape index (κ2) is 5.49. The number of nitrogens with zero attached hydrogens (tertiary/aromatic N) is 1. The Hall–Kier alpha value is -0.820. The molecule has 0 aliphatic rings. The highest BCUT2D eigenvalue weighted by Gasteiger charge is 2.06. The first-order valence-electron chi connectivity index (χ1n) is 6.18. The molecule has 1 aromatic rings. The minimum atomic E-state index is 0.631. The predicted octanol–water partition coefficient (Wildman–Crippen LogP) is 3.49. The second-order valence-electron chi connectivity index (χ2n) is 5.19. The summed E-state index contributed by atoms with van der Waals surface area (Å²) in [4.78, 5) is 2.40. The van der Waals surface area contributed by atoms with E-state index in [2.05, 4.69) is 58.7 Å². The van der Waals surface area contributed by atoms with Crippen LogP contribution in [0.5, 0.6) is 0 Å². The molecule has 16 heavy (non-hydrogen) atoms. The highest BCUT2D eigenvalue weighted by molar-refractivity contribution is 5.36. The van der Waals surface area contributed by atoms with Crippen molar-refractivity contribution in [2.75, 3.05) is 13.6 Å². The molecule has 0 aromatic heterocycles. The molecule has 0 unspecified atom stereocenters. The second-order valence-corrected chi connectivity index (χ2v) is 5.19. The number of aryl methyl sites for hydroxylation is 3. The van der Waals surface area contributed by atoms with Gasteiger partial charge in [-0.1, -0.05) is 12.1 Å². The maximum absolute atomic E-state index is 2.40. The molecule has 0 bridgehead atoms. The number of likely N-dealkylation sites (N-methyl/N-ethyl adjacent to an activating group) is 1. The van der Waals surface area contributed by atoms with Crippen LogP contribution >= 0.6 is 0 Å². The SMILES string of the molecule is Cc1cc(C)c(CCN(C)C(C)C)cc1C. The van der Waals surface area contributed by atoms with Crippen LogP contribution in [0, 0.1) is 20.8 Å². The van der Waals surface area contributed by atoms with Gasteiger partial charge in [0.05, 0.1) is 0 Å². The fraction of sp³-hybridized carbons (Fsp3) is 0.600. The van der Waals surface area contributed by atoms with Crippen LogP contribution in [0.3, 0.4) is 0 Å². The zero-order chi connectivity index (χ0) is 12.3. The van der Waals surface area contributed by atoms with Crippen molar-refractivity contribution in [3.05, 3.63) is 34.4 Å². The van der Waals surface area contributed by atoms with Gasteiger partial charge in [0.25, 0.3) is 0 Å². The molecule has 1 nitrogen and oxygen atoms in total. The van der Waals surface area contributed by atoms with Crippen LogP contribution in [0.4, 0.5) is 0 Å². The summed E-state index contributed by atoms with van der Waals surface area (Å²) in [6.45, 7) is 12.2. The van der Waals surface area contributed by atoms with Crippen molar-refractivity contribution < 1.29 is 0 Å². The molecule has 1 aromatic carbocycles. The molecule has 0 fully saturated rings. The molecule has 0 amide bonds. The Bertz CT molecular complexity index is 353. The van der Waals surface area contributed by atoms with Gasteiger partial charge >= 0.3 is 0 Å². The molecule has 0 aliphatic carbocycles. The van der Waals surface area contributed by atoms with Gasteiger partial charge in [-0.2, -0.15) is 0 Å². The lowest BCUT2D eigenvalue weighted by atomic mass is 9.98. The van der Waals surface area contributed by atoms with Crippen LogP contribution in [0.1, 0.15) is 36.1 Å². The van der Waals surface area contributed by atoms with Crippen LogP contribution in [-0.4, -0.2) is 24.5 Å². The largest absolute Gasteiger partial charge is 0.304 e. The van der Waals surface area contributed by atoms with Crippen molar-refractivity contribution in [1.29, 1.82) is 0 Å². The molecule has 0 saturated carbocycles. The molecule has 0 radical (unpaired) electrons. The Balaban J connectivity index is 2.71. The van der Waals surface area contributed by atoms with Gasteiger partial charge in [-0.05, 0) is 70.3 Å². The third kappa shape index (κ3) is 3.34. The average molecular weight is 219 g/mol. The summed E-state index contributed by atoms with van der Waals surface area (Å²) >= 11 is 0. The summed E-state index contributed by atoms with van der Waals surface area (Å²) in [5, 5.41) is 0. The molecule has 90 valence electrons. The topological polar surface area (TPSA) is 3.24 Å². The summed E-state index contributed by atoms with van der Waals surface area (Å²) in [6, 6.07) is 5.28. The highest BCUT2D eigenvalue weighted by Crippen LogP contribution is 2.16. The van der Waals surface area contributed by atoms with E-state index < -0.39 is 0 Å². The summed E-state index contributed by atoms with van der Waals surface area (Å²) < 4.78 is 0. The average Bonchev–Trinajstić information content (AvgIpc) is 2.20. The van der Waals surface area contributed by atoms with Crippen LogP contribution in [0.25, 0.3) is 0 Å². The Kier molecular flexibility index (Phi) is 4.55. The van der Waals surface area contributed by atoms with E-state index in [-0.39, 0.29) is 0 Å². The predicted molar refractivity (Wildman–Crippen MR) is 72.1 cm³/mol. The number of benzene rings is 1. The minimum absolute atomic E-state index is 0.631. The van der Waals surface area contributed by atoms with E-state index in [1.807, 2.05) is 0 Å². The number of hydrogen-bond acceptors (Lipinski definition) is 1. The van der Waals surface area contributed by atoms with Gasteiger partial charge in [-0.15, -0.1) is 0 Å². The smallest absolute Gasteiger partial charge is 0.00356 e. The van der Waals surface area contributed by atoms with Crippen LogP contribution < -0.4 is 0 Å². The summed E-state index contributed by atoms with van der Waals surface area (Å²) in [7, 11) is 2.20. The third-order valence-electron chi connectivity index (χ3n) is 3.57. The van der Waals surface area contributed by atoms with E-state index in [0.29, 0.717) is 6.04 Å². The molecule has 0 saturated heterocycles. The third-order valence-corrected chi connectivity index (χ3v) is 3.57. The van der Waals surface area contributed by atoms with E-state index >= 15 is 0 Å². The van der Waals surface area contributed by atoms with Gasteiger partial charge in [0.1, 0.15) is 0 Å². The van der Waals surface area contributed by atoms with Crippen molar-refractivity contribution in [3.8, 4) is 0 Å². The lowest BCUT2D eigenvalue weighted by Crippen LogP contribution is -2.28. The van der Waals surface area contributed by atoms with Crippen LogP contribution in [0.2, 0.25) is 0 Å². The molecular weight excluding hydrogens is 194 g/mol. The Morgan fingerprint density at radius 2 is 1.56 bits per heavy atom. The van der Waals surface area contributed by atoms with Gasteiger partial charge in [-0.3, -0.25) is 0 Å². The highest BCUT2D eigenvalue weighted by atomic mass is 15.1. The van der Waals surface area contributed by atoms with E-state index in [1.165, 1.54) is 22.3 Å². The van der Waals surface area contributed by atoms with E-state index in [1.54, 1.807) is 0 Å². The molecule has 0 N–H and O–H groups in total. The van der Waals surface area contributed by atoms with E-state index in [0.717, 1.165) is 13.0 Å². The number of rotatable bonds is 4. The molecule has 0 heterocycles. The Morgan fingerprint density at radius 3 is 2.12 bits per heavy atom. The summed E-state index contributed by atoms with van der Waals surface area (Å²) in [5.41, 5.74) is 5.74. The monoisotopic (exact) mass is 219 g/mol. The van der Waals surface area contributed by atoms with Crippen molar-refractivity contribution in [1.82, 2.24) is 4.90 Å². The maximum Gasteiger partial charge on any atom is 0.00356 e. The minimum Gasteiger partial charge on any atom is -0.304 e. The van der Waals surface area contributed by atoms with Gasteiger partial charge in [-0.25, -0.2) is 0 Å². The summed E-state index contributed by atoms with van der Waals surface area (Å²) in [5.74, 6) is 0. The normalized spacial score (nSPS) is 11.5. The van der Waals surface area contributed by atoms with Gasteiger partial charge in [0, 0.05) is 12.6 Å². The van der Waals surface area contributed by atoms with Crippen molar-refractivity contribution >= 4 is 0 Å². The quantitative estimate of drug-likeness (QED) is 0.749. The molecule has 1 heteroatoms. The number of hydrogen-bond donors (Lipinski definition) is 0. The fourth-order valence-corrected chi connectivity index (χ4v) is 1.84. The van der Waals surface area contributed by atoms with E-state index in [4.69, 9.17) is 0 Å². The lowest BCUT2D eigenvalue weighted by molar-refractivity contribution is 0.277. The van der Waals surface area contributed by atoms with Gasteiger partial charge in [0.15, 0.2) is 0 Å².